The summed E-state index contributed by atoms with van der Waals surface area (Å²) in [5, 5.41) is 2.92. The average molecular weight is 235 g/mol. The summed E-state index contributed by atoms with van der Waals surface area (Å²) < 4.78 is 5.76. The van der Waals surface area contributed by atoms with E-state index < -0.39 is 0 Å². The maximum Gasteiger partial charge on any atom is 0.127 e. The fourth-order valence-corrected chi connectivity index (χ4v) is 1.91. The summed E-state index contributed by atoms with van der Waals surface area (Å²) in [6.45, 7) is 2.92. The molecule has 2 aromatic rings. The molecule has 0 fully saturated rings. The van der Waals surface area contributed by atoms with Crippen LogP contribution in [0.5, 0.6) is 5.75 Å². The molecule has 0 saturated carbocycles. The molecule has 0 saturated heterocycles. The van der Waals surface area contributed by atoms with Crippen molar-refractivity contribution in [1.29, 1.82) is 0 Å². The molecule has 0 aliphatic carbocycles. The predicted molar refractivity (Wildman–Crippen MR) is 69.4 cm³/mol. The van der Waals surface area contributed by atoms with Crippen LogP contribution >= 0.6 is 11.6 Å². The van der Waals surface area contributed by atoms with E-state index in [-0.39, 0.29) is 0 Å². The lowest BCUT2D eigenvalue weighted by atomic mass is 10.1. The second-order valence-electron chi connectivity index (χ2n) is 3.79. The zero-order valence-electron chi connectivity index (χ0n) is 9.37. The molecule has 0 atom stereocenters. The summed E-state index contributed by atoms with van der Waals surface area (Å²) in [5.41, 5.74) is 0. The highest BCUT2D eigenvalue weighted by atomic mass is 35.5. The highest BCUT2D eigenvalue weighted by Gasteiger charge is 2.04. The lowest BCUT2D eigenvalue weighted by Gasteiger charge is -2.09. The molecule has 0 aliphatic rings. The summed E-state index contributed by atoms with van der Waals surface area (Å²) in [6, 6.07) is 11.9. The van der Waals surface area contributed by atoms with Crippen LogP contribution < -0.4 is 4.74 Å². The quantitative estimate of drug-likeness (QED) is 0.699. The van der Waals surface area contributed by atoms with Crippen molar-refractivity contribution in [2.75, 3.05) is 6.61 Å². The van der Waals surface area contributed by atoms with Gasteiger partial charge in [-0.1, -0.05) is 49.2 Å². The monoisotopic (exact) mass is 234 g/mol. The number of fused-ring (bicyclic) bond motifs is 1. The van der Waals surface area contributed by atoms with Crippen molar-refractivity contribution in [2.24, 2.45) is 0 Å². The van der Waals surface area contributed by atoms with E-state index in [2.05, 4.69) is 6.92 Å². The minimum atomic E-state index is 0.766. The van der Waals surface area contributed by atoms with Gasteiger partial charge in [-0.2, -0.15) is 0 Å². The van der Waals surface area contributed by atoms with Gasteiger partial charge in [0, 0.05) is 15.8 Å². The Labute approximate surface area is 101 Å². The Morgan fingerprint density at radius 3 is 2.56 bits per heavy atom. The Bertz CT molecular complexity index is 479. The first-order chi connectivity index (χ1) is 7.83. The van der Waals surface area contributed by atoms with E-state index in [1.54, 1.807) is 0 Å². The zero-order chi connectivity index (χ0) is 11.4. The molecule has 0 aliphatic heterocycles. The maximum absolute atomic E-state index is 6.13. The van der Waals surface area contributed by atoms with E-state index in [9.17, 15) is 0 Å². The van der Waals surface area contributed by atoms with Crippen molar-refractivity contribution in [2.45, 2.75) is 19.8 Å². The van der Waals surface area contributed by atoms with Crippen LogP contribution in [0.3, 0.4) is 0 Å². The third kappa shape index (κ3) is 2.30. The van der Waals surface area contributed by atoms with Gasteiger partial charge in [-0.15, -0.1) is 0 Å². The first-order valence-electron chi connectivity index (χ1n) is 5.63. The van der Waals surface area contributed by atoms with Gasteiger partial charge in [0.05, 0.1) is 6.61 Å². The van der Waals surface area contributed by atoms with Crippen molar-refractivity contribution in [3.05, 3.63) is 41.4 Å². The van der Waals surface area contributed by atoms with E-state index in [1.807, 2.05) is 36.4 Å². The first-order valence-corrected chi connectivity index (χ1v) is 6.00. The SMILES string of the molecule is CCCCOc1ccc(Cl)c2ccccc12. The Hall–Kier alpha value is -1.21. The largest absolute Gasteiger partial charge is 0.493 e. The molecule has 84 valence electrons. The molecular formula is C14H15ClO. The Kier molecular flexibility index (Phi) is 3.68. The van der Waals surface area contributed by atoms with Crippen molar-refractivity contribution in [3.63, 3.8) is 0 Å². The average Bonchev–Trinajstić information content (AvgIpc) is 2.33. The molecule has 16 heavy (non-hydrogen) atoms. The van der Waals surface area contributed by atoms with Crippen LogP contribution in [-0.4, -0.2) is 6.61 Å². The number of hydrogen-bond acceptors (Lipinski definition) is 1. The van der Waals surface area contributed by atoms with E-state index >= 15 is 0 Å². The summed E-state index contributed by atoms with van der Waals surface area (Å²) in [6.07, 6.45) is 2.22. The fraction of sp³-hybridized carbons (Fsp3) is 0.286. The topological polar surface area (TPSA) is 9.23 Å². The summed E-state index contributed by atoms with van der Waals surface area (Å²) in [4.78, 5) is 0. The van der Waals surface area contributed by atoms with E-state index in [1.165, 1.54) is 0 Å². The number of ether oxygens (including phenoxy) is 1. The normalized spacial score (nSPS) is 10.6. The van der Waals surface area contributed by atoms with E-state index in [0.29, 0.717) is 0 Å². The lowest BCUT2D eigenvalue weighted by Crippen LogP contribution is -1.96. The molecule has 0 bridgehead atoms. The van der Waals surface area contributed by atoms with Gasteiger partial charge in [-0.05, 0) is 18.6 Å². The Morgan fingerprint density at radius 1 is 1.06 bits per heavy atom. The van der Waals surface area contributed by atoms with Crippen LogP contribution in [-0.2, 0) is 0 Å². The third-order valence-electron chi connectivity index (χ3n) is 2.59. The van der Waals surface area contributed by atoms with Crippen LogP contribution in [0.25, 0.3) is 10.8 Å². The summed E-state index contributed by atoms with van der Waals surface area (Å²) >= 11 is 6.13. The van der Waals surface area contributed by atoms with Gasteiger partial charge in [-0.3, -0.25) is 0 Å². The van der Waals surface area contributed by atoms with Crippen LogP contribution in [0.4, 0.5) is 0 Å². The number of halogens is 1. The van der Waals surface area contributed by atoms with Crippen LogP contribution in [0.1, 0.15) is 19.8 Å². The van der Waals surface area contributed by atoms with Crippen LogP contribution in [0.2, 0.25) is 5.02 Å². The van der Waals surface area contributed by atoms with Crippen LogP contribution in [0.15, 0.2) is 36.4 Å². The van der Waals surface area contributed by atoms with Crippen LogP contribution in [0, 0.1) is 0 Å². The second-order valence-corrected chi connectivity index (χ2v) is 4.20. The molecule has 0 heterocycles. The summed E-state index contributed by atoms with van der Waals surface area (Å²) in [5.74, 6) is 0.924. The van der Waals surface area contributed by atoms with Crippen molar-refractivity contribution in [3.8, 4) is 5.75 Å². The van der Waals surface area contributed by atoms with Crippen molar-refractivity contribution >= 4 is 22.4 Å². The number of benzene rings is 2. The second kappa shape index (κ2) is 5.22. The van der Waals surface area contributed by atoms with Gasteiger partial charge in [0.1, 0.15) is 5.75 Å². The van der Waals surface area contributed by atoms with Crippen molar-refractivity contribution in [1.82, 2.24) is 0 Å². The van der Waals surface area contributed by atoms with E-state index in [0.717, 1.165) is 41.0 Å². The third-order valence-corrected chi connectivity index (χ3v) is 2.92. The smallest absolute Gasteiger partial charge is 0.127 e. The Morgan fingerprint density at radius 2 is 1.81 bits per heavy atom. The highest BCUT2D eigenvalue weighted by Crippen LogP contribution is 2.31. The number of rotatable bonds is 4. The minimum Gasteiger partial charge on any atom is -0.493 e. The number of hydrogen-bond donors (Lipinski definition) is 0. The maximum atomic E-state index is 6.13. The predicted octanol–water partition coefficient (Wildman–Crippen LogP) is 4.67. The number of unbranched alkanes of at least 4 members (excludes halogenated alkanes) is 1. The molecule has 2 heteroatoms. The van der Waals surface area contributed by atoms with Gasteiger partial charge >= 0.3 is 0 Å². The molecule has 0 amide bonds. The molecule has 2 rings (SSSR count). The van der Waals surface area contributed by atoms with Gasteiger partial charge < -0.3 is 4.74 Å². The van der Waals surface area contributed by atoms with Gasteiger partial charge in [-0.25, -0.2) is 0 Å². The molecule has 2 aromatic carbocycles. The van der Waals surface area contributed by atoms with Gasteiger partial charge in [0.25, 0.3) is 0 Å². The Balaban J connectivity index is 2.35. The molecule has 0 unspecified atom stereocenters. The summed E-state index contributed by atoms with van der Waals surface area (Å²) in [7, 11) is 0. The highest BCUT2D eigenvalue weighted by molar-refractivity contribution is 6.35. The fourth-order valence-electron chi connectivity index (χ4n) is 1.69. The molecule has 0 N–H and O–H groups in total. The first kappa shape index (κ1) is 11.3. The lowest BCUT2D eigenvalue weighted by molar-refractivity contribution is 0.313. The molecule has 0 spiro atoms. The van der Waals surface area contributed by atoms with Gasteiger partial charge in [0.15, 0.2) is 0 Å². The van der Waals surface area contributed by atoms with Crippen molar-refractivity contribution < 1.29 is 4.74 Å². The standard InChI is InChI=1S/C14H15ClO/c1-2-3-10-16-14-9-8-13(15)11-6-4-5-7-12(11)14/h4-9H,2-3,10H2,1H3. The van der Waals surface area contributed by atoms with Gasteiger partial charge in [0.2, 0.25) is 0 Å². The minimum absolute atomic E-state index is 0.766. The molecule has 0 aromatic heterocycles. The zero-order valence-corrected chi connectivity index (χ0v) is 10.1. The molecule has 0 radical (unpaired) electrons. The van der Waals surface area contributed by atoms with E-state index in [4.69, 9.17) is 16.3 Å². The molecule has 1 nitrogen and oxygen atoms in total. The molecular weight excluding hydrogens is 220 g/mol.